The Hall–Kier alpha value is -0.580. The molecule has 0 aromatic heterocycles. The standard InChI is InChI=1S/C14H18INO/c1-2-16(13-8-3-4-9-13)14(17)11-6-5-7-12(15)10-11/h5-7,10,13H,2-4,8-9H2,1H3. The average Bonchev–Trinajstić information content (AvgIpc) is 2.83. The van der Waals surface area contributed by atoms with Crippen molar-refractivity contribution in [3.8, 4) is 0 Å². The minimum absolute atomic E-state index is 0.193. The van der Waals surface area contributed by atoms with Crippen molar-refractivity contribution in [3.05, 3.63) is 33.4 Å². The molecule has 92 valence electrons. The molecule has 0 spiro atoms. The van der Waals surface area contributed by atoms with Crippen molar-refractivity contribution in [1.29, 1.82) is 0 Å². The third-order valence-corrected chi connectivity index (χ3v) is 4.11. The van der Waals surface area contributed by atoms with Crippen LogP contribution < -0.4 is 0 Å². The zero-order valence-electron chi connectivity index (χ0n) is 10.2. The van der Waals surface area contributed by atoms with Gasteiger partial charge in [0.2, 0.25) is 0 Å². The lowest BCUT2D eigenvalue weighted by molar-refractivity contribution is 0.0693. The smallest absolute Gasteiger partial charge is 0.254 e. The molecule has 1 aromatic rings. The van der Waals surface area contributed by atoms with E-state index < -0.39 is 0 Å². The first kappa shape index (κ1) is 12.9. The fourth-order valence-electron chi connectivity index (χ4n) is 2.57. The highest BCUT2D eigenvalue weighted by Crippen LogP contribution is 2.25. The van der Waals surface area contributed by atoms with Gasteiger partial charge < -0.3 is 4.90 Å². The van der Waals surface area contributed by atoms with Gasteiger partial charge in [-0.1, -0.05) is 18.9 Å². The molecule has 0 bridgehead atoms. The summed E-state index contributed by atoms with van der Waals surface area (Å²) in [6, 6.07) is 8.33. The number of rotatable bonds is 3. The Bertz CT molecular complexity index is 399. The molecule has 1 aliphatic carbocycles. The van der Waals surface area contributed by atoms with Crippen LogP contribution in [0.1, 0.15) is 43.0 Å². The van der Waals surface area contributed by atoms with Gasteiger partial charge >= 0.3 is 0 Å². The second-order valence-corrected chi connectivity index (χ2v) is 5.79. The van der Waals surface area contributed by atoms with Gasteiger partial charge in [0.25, 0.3) is 5.91 Å². The minimum Gasteiger partial charge on any atom is -0.336 e. The van der Waals surface area contributed by atoms with Crippen LogP contribution in [0.2, 0.25) is 0 Å². The van der Waals surface area contributed by atoms with Gasteiger partial charge in [-0.15, -0.1) is 0 Å². The van der Waals surface area contributed by atoms with E-state index in [0.29, 0.717) is 6.04 Å². The number of carbonyl (C=O) groups is 1. The molecule has 1 saturated carbocycles. The summed E-state index contributed by atoms with van der Waals surface area (Å²) in [7, 11) is 0. The van der Waals surface area contributed by atoms with Crippen molar-refractivity contribution >= 4 is 28.5 Å². The van der Waals surface area contributed by atoms with Crippen molar-refractivity contribution in [1.82, 2.24) is 4.90 Å². The fraction of sp³-hybridized carbons (Fsp3) is 0.500. The maximum absolute atomic E-state index is 12.4. The third-order valence-electron chi connectivity index (χ3n) is 3.44. The number of hydrogen-bond acceptors (Lipinski definition) is 1. The topological polar surface area (TPSA) is 20.3 Å². The summed E-state index contributed by atoms with van der Waals surface area (Å²) in [5, 5.41) is 0. The number of halogens is 1. The molecular formula is C14H18INO. The van der Waals surface area contributed by atoms with Crippen LogP contribution in [0.25, 0.3) is 0 Å². The molecule has 3 heteroatoms. The molecule has 1 fully saturated rings. The van der Waals surface area contributed by atoms with E-state index in [1.165, 1.54) is 25.7 Å². The normalized spacial score (nSPS) is 16.1. The average molecular weight is 343 g/mol. The van der Waals surface area contributed by atoms with E-state index in [2.05, 4.69) is 29.5 Å². The minimum atomic E-state index is 0.193. The van der Waals surface area contributed by atoms with Gasteiger partial charge in [-0.2, -0.15) is 0 Å². The van der Waals surface area contributed by atoms with Crippen molar-refractivity contribution in [2.75, 3.05) is 6.54 Å². The summed E-state index contributed by atoms with van der Waals surface area (Å²) in [5.41, 5.74) is 0.825. The van der Waals surface area contributed by atoms with Crippen molar-refractivity contribution in [2.24, 2.45) is 0 Å². The van der Waals surface area contributed by atoms with Crippen LogP contribution in [0.4, 0.5) is 0 Å². The number of carbonyl (C=O) groups excluding carboxylic acids is 1. The maximum Gasteiger partial charge on any atom is 0.254 e. The molecule has 2 rings (SSSR count). The quantitative estimate of drug-likeness (QED) is 0.767. The van der Waals surface area contributed by atoms with E-state index in [4.69, 9.17) is 0 Å². The fourth-order valence-corrected chi connectivity index (χ4v) is 3.11. The largest absolute Gasteiger partial charge is 0.336 e. The lowest BCUT2D eigenvalue weighted by atomic mass is 10.1. The zero-order chi connectivity index (χ0) is 12.3. The van der Waals surface area contributed by atoms with E-state index in [0.717, 1.165) is 15.7 Å². The highest BCUT2D eigenvalue weighted by Gasteiger charge is 2.25. The van der Waals surface area contributed by atoms with Crippen LogP contribution in [-0.4, -0.2) is 23.4 Å². The number of benzene rings is 1. The molecule has 1 amide bonds. The maximum atomic E-state index is 12.4. The lowest BCUT2D eigenvalue weighted by Gasteiger charge is -2.27. The van der Waals surface area contributed by atoms with Gasteiger partial charge in [0.05, 0.1) is 0 Å². The van der Waals surface area contributed by atoms with Crippen LogP contribution in [0, 0.1) is 3.57 Å². The van der Waals surface area contributed by atoms with Gasteiger partial charge in [-0.25, -0.2) is 0 Å². The molecule has 0 heterocycles. The Balaban J connectivity index is 2.16. The number of nitrogens with zero attached hydrogens (tertiary/aromatic N) is 1. The molecular weight excluding hydrogens is 325 g/mol. The monoisotopic (exact) mass is 343 g/mol. The van der Waals surface area contributed by atoms with Crippen LogP contribution in [0.3, 0.4) is 0 Å². The first-order valence-electron chi connectivity index (χ1n) is 6.29. The van der Waals surface area contributed by atoms with E-state index in [9.17, 15) is 4.79 Å². The molecule has 1 aromatic carbocycles. The van der Waals surface area contributed by atoms with Crippen LogP contribution in [0.15, 0.2) is 24.3 Å². The van der Waals surface area contributed by atoms with E-state index in [-0.39, 0.29) is 5.91 Å². The van der Waals surface area contributed by atoms with E-state index in [1.54, 1.807) is 0 Å². The Labute approximate surface area is 117 Å². The SMILES string of the molecule is CCN(C(=O)c1cccc(I)c1)C1CCCC1. The lowest BCUT2D eigenvalue weighted by Crippen LogP contribution is -2.38. The summed E-state index contributed by atoms with van der Waals surface area (Å²) >= 11 is 2.25. The molecule has 17 heavy (non-hydrogen) atoms. The van der Waals surface area contributed by atoms with Gasteiger partial charge in [0.15, 0.2) is 0 Å². The first-order valence-corrected chi connectivity index (χ1v) is 7.36. The van der Waals surface area contributed by atoms with Crippen molar-refractivity contribution in [3.63, 3.8) is 0 Å². The molecule has 0 atom stereocenters. The second kappa shape index (κ2) is 5.85. The highest BCUT2D eigenvalue weighted by molar-refractivity contribution is 14.1. The summed E-state index contributed by atoms with van der Waals surface area (Å²) in [5.74, 6) is 0.193. The molecule has 1 aliphatic rings. The molecule has 0 saturated heterocycles. The predicted molar refractivity (Wildman–Crippen MR) is 78.1 cm³/mol. The third kappa shape index (κ3) is 3.00. The van der Waals surface area contributed by atoms with Gasteiger partial charge in [0, 0.05) is 21.7 Å². The van der Waals surface area contributed by atoms with Gasteiger partial charge in [0.1, 0.15) is 0 Å². The van der Waals surface area contributed by atoms with Crippen molar-refractivity contribution < 1.29 is 4.79 Å². The van der Waals surface area contributed by atoms with Crippen LogP contribution in [0.5, 0.6) is 0 Å². The zero-order valence-corrected chi connectivity index (χ0v) is 12.3. The predicted octanol–water partition coefficient (Wildman–Crippen LogP) is 3.70. The van der Waals surface area contributed by atoms with E-state index >= 15 is 0 Å². The van der Waals surface area contributed by atoms with Gasteiger partial charge in [-0.05, 0) is 60.6 Å². The number of hydrogen-bond donors (Lipinski definition) is 0. The summed E-state index contributed by atoms with van der Waals surface area (Å²) in [6.07, 6.45) is 4.87. The molecule has 0 N–H and O–H groups in total. The van der Waals surface area contributed by atoms with Gasteiger partial charge in [-0.3, -0.25) is 4.79 Å². The summed E-state index contributed by atoms with van der Waals surface area (Å²) in [4.78, 5) is 14.5. The van der Waals surface area contributed by atoms with Crippen LogP contribution >= 0.6 is 22.6 Å². The van der Waals surface area contributed by atoms with E-state index in [1.807, 2.05) is 29.2 Å². The Morgan fingerprint density at radius 1 is 1.41 bits per heavy atom. The highest BCUT2D eigenvalue weighted by atomic mass is 127. The molecule has 0 radical (unpaired) electrons. The van der Waals surface area contributed by atoms with Crippen LogP contribution in [-0.2, 0) is 0 Å². The molecule has 0 aliphatic heterocycles. The molecule has 0 unspecified atom stereocenters. The summed E-state index contributed by atoms with van der Waals surface area (Å²) < 4.78 is 1.12. The first-order chi connectivity index (χ1) is 8.22. The Kier molecular flexibility index (Phi) is 4.42. The van der Waals surface area contributed by atoms with Crippen molar-refractivity contribution in [2.45, 2.75) is 38.6 Å². The number of amides is 1. The Morgan fingerprint density at radius 2 is 2.12 bits per heavy atom. The summed E-state index contributed by atoms with van der Waals surface area (Å²) in [6.45, 7) is 2.89. The Morgan fingerprint density at radius 3 is 2.71 bits per heavy atom. The molecule has 2 nitrogen and oxygen atoms in total. The second-order valence-electron chi connectivity index (χ2n) is 4.54.